The number of hydrogen-bond acceptors (Lipinski definition) is 5. The van der Waals surface area contributed by atoms with Crippen LogP contribution in [0, 0.1) is 11.8 Å². The van der Waals surface area contributed by atoms with Gasteiger partial charge in [-0.2, -0.15) is 9.40 Å². The molecule has 0 amide bonds. The molecule has 0 saturated carbocycles. The molecule has 7 nitrogen and oxygen atoms in total. The summed E-state index contributed by atoms with van der Waals surface area (Å²) in [5.74, 6) is 0.582. The zero-order valence-corrected chi connectivity index (χ0v) is 19.3. The van der Waals surface area contributed by atoms with E-state index >= 15 is 0 Å². The molecule has 0 bridgehead atoms. The van der Waals surface area contributed by atoms with Crippen molar-refractivity contribution in [3.8, 4) is 0 Å². The normalized spacial score (nSPS) is 29.6. The smallest absolute Gasteiger partial charge is 0.211 e. The fraction of sp³-hybridized carbons (Fsp3) is 0.667. The van der Waals surface area contributed by atoms with E-state index in [2.05, 4.69) is 10.00 Å². The molecule has 30 heavy (non-hydrogen) atoms. The lowest BCUT2D eigenvalue weighted by Gasteiger charge is -2.35. The van der Waals surface area contributed by atoms with E-state index in [1.807, 2.05) is 36.9 Å². The van der Waals surface area contributed by atoms with E-state index in [1.165, 1.54) is 6.26 Å². The van der Waals surface area contributed by atoms with Gasteiger partial charge in [0.2, 0.25) is 10.0 Å². The third kappa shape index (κ3) is 3.23. The molecule has 0 aliphatic carbocycles. The Hall–Kier alpha value is -1.35. The van der Waals surface area contributed by atoms with Gasteiger partial charge in [0, 0.05) is 53.8 Å². The molecule has 2 aromatic rings. The van der Waals surface area contributed by atoms with E-state index in [1.54, 1.807) is 4.31 Å². The maximum Gasteiger partial charge on any atom is 0.211 e. The highest BCUT2D eigenvalue weighted by Crippen LogP contribution is 2.46. The van der Waals surface area contributed by atoms with Gasteiger partial charge in [0.05, 0.1) is 18.0 Å². The van der Waals surface area contributed by atoms with Crippen LogP contribution in [0.25, 0.3) is 10.9 Å². The molecular weight excluding hydrogens is 424 g/mol. The summed E-state index contributed by atoms with van der Waals surface area (Å²) in [5.41, 5.74) is 1.68. The van der Waals surface area contributed by atoms with Crippen molar-refractivity contribution in [3.63, 3.8) is 0 Å². The zero-order chi connectivity index (χ0) is 21.3. The van der Waals surface area contributed by atoms with Gasteiger partial charge < -0.3 is 9.64 Å². The Balaban J connectivity index is 1.48. The minimum absolute atomic E-state index is 0.0391. The van der Waals surface area contributed by atoms with Crippen LogP contribution in [0.5, 0.6) is 0 Å². The number of halogens is 1. The van der Waals surface area contributed by atoms with Gasteiger partial charge in [-0.25, -0.2) is 13.1 Å². The average Bonchev–Trinajstić information content (AvgIpc) is 3.35. The Labute approximate surface area is 183 Å². The average molecular weight is 453 g/mol. The van der Waals surface area contributed by atoms with E-state index in [-0.39, 0.29) is 12.1 Å². The number of aromatic nitrogens is 2. The van der Waals surface area contributed by atoms with E-state index in [0.29, 0.717) is 17.5 Å². The van der Waals surface area contributed by atoms with Crippen molar-refractivity contribution in [2.75, 3.05) is 37.4 Å². The van der Waals surface area contributed by atoms with Crippen LogP contribution in [0.1, 0.15) is 39.3 Å². The minimum atomic E-state index is -3.22. The molecule has 4 heterocycles. The number of sulfonamides is 1. The molecule has 0 N–H and O–H groups in total. The number of benzene rings is 1. The number of ether oxygens (including phenoxy) is 1. The minimum Gasteiger partial charge on any atom is -0.370 e. The van der Waals surface area contributed by atoms with Crippen molar-refractivity contribution < 1.29 is 13.2 Å². The van der Waals surface area contributed by atoms with Crippen LogP contribution < -0.4 is 4.90 Å². The summed E-state index contributed by atoms with van der Waals surface area (Å²) in [6.07, 6.45) is 6.39. The van der Waals surface area contributed by atoms with Crippen LogP contribution in [0.15, 0.2) is 18.3 Å². The van der Waals surface area contributed by atoms with Gasteiger partial charge in [0.1, 0.15) is 0 Å². The van der Waals surface area contributed by atoms with Crippen LogP contribution in [0.3, 0.4) is 0 Å². The van der Waals surface area contributed by atoms with Gasteiger partial charge >= 0.3 is 0 Å². The molecular formula is C21H29ClN4O3S. The van der Waals surface area contributed by atoms with Crippen molar-refractivity contribution in [1.82, 2.24) is 14.1 Å². The molecule has 0 spiro atoms. The van der Waals surface area contributed by atoms with Crippen molar-refractivity contribution in [2.45, 2.75) is 44.9 Å². The first-order chi connectivity index (χ1) is 14.2. The fourth-order valence-corrected chi connectivity index (χ4v) is 7.41. The third-order valence-corrected chi connectivity index (χ3v) is 8.86. The van der Waals surface area contributed by atoms with Gasteiger partial charge in [-0.15, -0.1) is 0 Å². The number of nitrogens with zero attached hydrogens (tertiary/aromatic N) is 4. The molecule has 164 valence electrons. The third-order valence-electron chi connectivity index (χ3n) is 7.22. The first-order valence-corrected chi connectivity index (χ1v) is 12.9. The molecule has 0 radical (unpaired) electrons. The zero-order valence-electron chi connectivity index (χ0n) is 17.7. The van der Waals surface area contributed by atoms with Gasteiger partial charge in [0.15, 0.2) is 6.23 Å². The molecule has 3 fully saturated rings. The molecule has 9 heteroatoms. The second-order valence-electron chi connectivity index (χ2n) is 9.49. The Kier molecular flexibility index (Phi) is 4.85. The number of anilines is 1. The fourth-order valence-electron chi connectivity index (χ4n) is 5.75. The predicted molar refractivity (Wildman–Crippen MR) is 118 cm³/mol. The molecule has 1 aromatic heterocycles. The highest BCUT2D eigenvalue weighted by molar-refractivity contribution is 7.88. The van der Waals surface area contributed by atoms with Crippen LogP contribution >= 0.6 is 11.6 Å². The summed E-state index contributed by atoms with van der Waals surface area (Å²) in [7, 11) is -3.22. The van der Waals surface area contributed by atoms with Crippen molar-refractivity contribution >= 4 is 38.2 Å². The monoisotopic (exact) mass is 452 g/mol. The Morgan fingerprint density at radius 2 is 2.00 bits per heavy atom. The quantitative estimate of drug-likeness (QED) is 0.713. The molecule has 3 aliphatic rings. The lowest BCUT2D eigenvalue weighted by atomic mass is 9.85. The summed E-state index contributed by atoms with van der Waals surface area (Å²) < 4.78 is 34.1. The van der Waals surface area contributed by atoms with Crippen LogP contribution in [-0.2, 0) is 14.8 Å². The summed E-state index contributed by atoms with van der Waals surface area (Å²) in [5, 5.41) is 6.42. The van der Waals surface area contributed by atoms with Crippen LogP contribution in [0.2, 0.25) is 5.02 Å². The SMILES string of the molecule is CC1(C)C2CN(c3cc(Cl)cc4c3cnn4C3CCCCO3)CC2CN1S(C)(=O)=O. The molecule has 3 atom stereocenters. The molecule has 1 aromatic carbocycles. The highest BCUT2D eigenvalue weighted by Gasteiger charge is 2.54. The van der Waals surface area contributed by atoms with Gasteiger partial charge in [-0.3, -0.25) is 0 Å². The van der Waals surface area contributed by atoms with E-state index < -0.39 is 15.6 Å². The number of hydrogen-bond donors (Lipinski definition) is 0. The van der Waals surface area contributed by atoms with Crippen molar-refractivity contribution in [1.29, 1.82) is 0 Å². The topological polar surface area (TPSA) is 67.7 Å². The van der Waals surface area contributed by atoms with Gasteiger partial charge in [0.25, 0.3) is 0 Å². The maximum absolute atomic E-state index is 12.3. The molecule has 3 saturated heterocycles. The Morgan fingerprint density at radius 3 is 2.67 bits per heavy atom. The van der Waals surface area contributed by atoms with Crippen LogP contribution in [-0.4, -0.2) is 60.5 Å². The second kappa shape index (κ2) is 7.08. The van der Waals surface area contributed by atoms with E-state index in [4.69, 9.17) is 16.3 Å². The lowest BCUT2D eigenvalue weighted by molar-refractivity contribution is -0.0366. The molecule has 5 rings (SSSR count). The summed E-state index contributed by atoms with van der Waals surface area (Å²) in [6, 6.07) is 3.98. The Morgan fingerprint density at radius 1 is 1.20 bits per heavy atom. The first kappa shape index (κ1) is 20.5. The van der Waals surface area contributed by atoms with Gasteiger partial charge in [-0.05, 0) is 51.2 Å². The van der Waals surface area contributed by atoms with Crippen molar-refractivity contribution in [3.05, 3.63) is 23.4 Å². The summed E-state index contributed by atoms with van der Waals surface area (Å²) in [6.45, 7) is 7.07. The largest absolute Gasteiger partial charge is 0.370 e. The second-order valence-corrected chi connectivity index (χ2v) is 11.8. The Bertz CT molecular complexity index is 1080. The number of rotatable bonds is 3. The van der Waals surface area contributed by atoms with Crippen molar-refractivity contribution in [2.24, 2.45) is 11.8 Å². The highest BCUT2D eigenvalue weighted by atomic mass is 35.5. The standard InChI is InChI=1S/C21H29ClN4O3S/c1-21(2)17-13-24(11-14(17)12-25(21)30(3,27)28)18-8-15(22)9-19-16(18)10-23-26(19)20-6-4-5-7-29-20/h8-10,14,17,20H,4-7,11-13H2,1-3H3. The molecule has 3 aliphatic heterocycles. The maximum atomic E-state index is 12.3. The summed E-state index contributed by atoms with van der Waals surface area (Å²) in [4.78, 5) is 2.36. The lowest BCUT2D eigenvalue weighted by Crippen LogP contribution is -2.47. The van der Waals surface area contributed by atoms with E-state index in [9.17, 15) is 8.42 Å². The predicted octanol–water partition coefficient (Wildman–Crippen LogP) is 3.50. The summed E-state index contributed by atoms with van der Waals surface area (Å²) >= 11 is 6.53. The van der Waals surface area contributed by atoms with Gasteiger partial charge in [-0.1, -0.05) is 11.6 Å². The molecule has 3 unspecified atom stereocenters. The first-order valence-electron chi connectivity index (χ1n) is 10.7. The van der Waals surface area contributed by atoms with Crippen LogP contribution in [0.4, 0.5) is 5.69 Å². The number of fused-ring (bicyclic) bond motifs is 2. The van der Waals surface area contributed by atoms with E-state index in [0.717, 1.165) is 55.5 Å².